The molecular weight excluding hydrogens is 514 g/mol. The number of nitrogens with zero attached hydrogens (tertiary/aromatic N) is 1. The van der Waals surface area contributed by atoms with Gasteiger partial charge in [-0.05, 0) is 12.5 Å². The molecule has 0 saturated carbocycles. The summed E-state index contributed by atoms with van der Waals surface area (Å²) >= 11 is 12.0. The normalized spacial score (nSPS) is 32.0. The Labute approximate surface area is 164 Å². The molecule has 23 heavy (non-hydrogen) atoms. The van der Waals surface area contributed by atoms with E-state index in [4.69, 9.17) is 4.74 Å². The van der Waals surface area contributed by atoms with Crippen molar-refractivity contribution in [3.63, 3.8) is 0 Å². The highest BCUT2D eigenvalue weighted by Gasteiger charge is 2.67. The van der Waals surface area contributed by atoms with Crippen LogP contribution in [0.1, 0.15) is 12.5 Å². The van der Waals surface area contributed by atoms with Crippen molar-refractivity contribution in [2.75, 3.05) is 5.75 Å². The van der Waals surface area contributed by atoms with Crippen molar-refractivity contribution in [1.29, 1.82) is 0 Å². The zero-order chi connectivity index (χ0) is 16.8. The number of hydrogen-bond acceptors (Lipinski definition) is 4. The van der Waals surface area contributed by atoms with E-state index in [1.807, 2.05) is 37.3 Å². The van der Waals surface area contributed by atoms with E-state index in [1.165, 1.54) is 0 Å². The van der Waals surface area contributed by atoms with Crippen molar-refractivity contribution < 1.29 is 14.3 Å². The topological polar surface area (TPSA) is 46.6 Å². The second-order valence-corrected chi connectivity index (χ2v) is 12.2. The summed E-state index contributed by atoms with van der Waals surface area (Å²) in [7, 11) is 0. The van der Waals surface area contributed by atoms with E-state index in [-0.39, 0.29) is 23.9 Å². The lowest BCUT2D eigenvalue weighted by Gasteiger charge is -2.58. The molecule has 3 atom stereocenters. The standard InChI is InChI=1S/C15H14Br3NO3S/c1-14(16)8-23-13-15(17,18)12(21)19(13)10(14)11(20)22-7-9-5-3-2-4-6-9/h2-6,10,13H,7-8H2,1H3/t10-,13+,14+/m0/s1. The fourth-order valence-electron chi connectivity index (χ4n) is 2.71. The number of alkyl halides is 3. The van der Waals surface area contributed by atoms with Crippen LogP contribution in [0.5, 0.6) is 0 Å². The van der Waals surface area contributed by atoms with Crippen LogP contribution in [0.2, 0.25) is 0 Å². The first-order valence-corrected chi connectivity index (χ1v) is 10.4. The first kappa shape index (κ1) is 17.8. The van der Waals surface area contributed by atoms with Gasteiger partial charge in [-0.15, -0.1) is 11.8 Å². The minimum Gasteiger partial charge on any atom is -0.459 e. The van der Waals surface area contributed by atoms with Crippen molar-refractivity contribution in [2.24, 2.45) is 0 Å². The van der Waals surface area contributed by atoms with E-state index < -0.39 is 13.6 Å². The molecule has 8 heteroatoms. The van der Waals surface area contributed by atoms with Crippen LogP contribution in [0.25, 0.3) is 0 Å². The number of β-lactam (4-membered cyclic amide) rings is 1. The molecule has 4 nitrogen and oxygen atoms in total. The van der Waals surface area contributed by atoms with Gasteiger partial charge >= 0.3 is 5.97 Å². The van der Waals surface area contributed by atoms with E-state index in [2.05, 4.69) is 47.8 Å². The van der Waals surface area contributed by atoms with Crippen molar-refractivity contribution in [3.05, 3.63) is 35.9 Å². The summed E-state index contributed by atoms with van der Waals surface area (Å²) in [5.74, 6) is 0.162. The number of esters is 1. The van der Waals surface area contributed by atoms with Gasteiger partial charge in [-0.2, -0.15) is 0 Å². The molecule has 0 radical (unpaired) electrons. The van der Waals surface area contributed by atoms with Crippen LogP contribution < -0.4 is 0 Å². The summed E-state index contributed by atoms with van der Waals surface area (Å²) in [5, 5.41) is -0.130. The highest BCUT2D eigenvalue weighted by molar-refractivity contribution is 9.26. The third kappa shape index (κ3) is 3.12. The van der Waals surface area contributed by atoms with Crippen LogP contribution in [-0.4, -0.2) is 41.5 Å². The minimum atomic E-state index is -0.786. The van der Waals surface area contributed by atoms with Gasteiger partial charge in [0.05, 0.1) is 4.32 Å². The van der Waals surface area contributed by atoms with Crippen molar-refractivity contribution in [1.82, 2.24) is 4.90 Å². The second-order valence-electron chi connectivity index (χ2n) is 5.77. The van der Waals surface area contributed by atoms with Gasteiger partial charge < -0.3 is 9.64 Å². The first-order valence-electron chi connectivity index (χ1n) is 6.97. The molecule has 2 aliphatic rings. The van der Waals surface area contributed by atoms with Crippen LogP contribution in [-0.2, 0) is 20.9 Å². The maximum Gasteiger partial charge on any atom is 0.330 e. The SMILES string of the molecule is C[C@@]1(Br)CS[C@H]2N(C(=O)C2(Br)Br)[C@H]1C(=O)OCc1ccccc1. The number of thioether (sulfide) groups is 1. The average molecular weight is 528 g/mol. The van der Waals surface area contributed by atoms with Crippen molar-refractivity contribution in [2.45, 2.75) is 32.5 Å². The van der Waals surface area contributed by atoms with Crippen LogP contribution >= 0.6 is 59.6 Å². The molecule has 1 aromatic rings. The molecule has 2 heterocycles. The molecule has 0 bridgehead atoms. The smallest absolute Gasteiger partial charge is 0.330 e. The Morgan fingerprint density at radius 3 is 2.65 bits per heavy atom. The molecule has 2 saturated heterocycles. The number of hydrogen-bond donors (Lipinski definition) is 0. The molecule has 2 fully saturated rings. The van der Waals surface area contributed by atoms with Crippen LogP contribution in [0, 0.1) is 0 Å². The third-order valence-electron chi connectivity index (χ3n) is 3.90. The van der Waals surface area contributed by atoms with Gasteiger partial charge in [-0.25, -0.2) is 4.79 Å². The quantitative estimate of drug-likeness (QED) is 0.342. The Morgan fingerprint density at radius 1 is 1.35 bits per heavy atom. The van der Waals surface area contributed by atoms with Gasteiger partial charge in [0.1, 0.15) is 18.0 Å². The van der Waals surface area contributed by atoms with Crippen LogP contribution in [0.3, 0.4) is 0 Å². The summed E-state index contributed by atoms with van der Waals surface area (Å²) in [6.07, 6.45) is 0. The molecule has 0 N–H and O–H groups in total. The second kappa shape index (κ2) is 6.35. The van der Waals surface area contributed by atoms with Gasteiger partial charge in [0.25, 0.3) is 5.91 Å². The van der Waals surface area contributed by atoms with E-state index in [9.17, 15) is 9.59 Å². The molecule has 0 spiro atoms. The molecule has 2 aliphatic heterocycles. The summed E-state index contributed by atoms with van der Waals surface area (Å²) < 4.78 is 4.16. The van der Waals surface area contributed by atoms with Gasteiger partial charge in [0, 0.05) is 5.75 Å². The fourth-order valence-corrected chi connectivity index (χ4v) is 6.49. The summed E-state index contributed by atoms with van der Waals surface area (Å²) in [6, 6.07) is 8.86. The molecule has 3 rings (SSSR count). The monoisotopic (exact) mass is 525 g/mol. The number of rotatable bonds is 3. The highest BCUT2D eigenvalue weighted by atomic mass is 79.9. The average Bonchev–Trinajstić information content (AvgIpc) is 2.52. The predicted octanol–water partition coefficient (Wildman–Crippen LogP) is 3.65. The number of benzene rings is 1. The lowest BCUT2D eigenvalue weighted by Crippen LogP contribution is -2.76. The predicted molar refractivity (Wildman–Crippen MR) is 101 cm³/mol. The van der Waals surface area contributed by atoms with Crippen molar-refractivity contribution >= 4 is 71.4 Å². The van der Waals surface area contributed by atoms with E-state index >= 15 is 0 Å². The Kier molecular flexibility index (Phi) is 4.90. The Bertz CT molecular complexity index is 638. The van der Waals surface area contributed by atoms with Gasteiger partial charge in [-0.1, -0.05) is 78.1 Å². The van der Waals surface area contributed by atoms with Crippen LogP contribution in [0.4, 0.5) is 0 Å². The van der Waals surface area contributed by atoms with Gasteiger partial charge in [-0.3, -0.25) is 4.79 Å². The molecule has 0 aliphatic carbocycles. The van der Waals surface area contributed by atoms with Crippen LogP contribution in [0.15, 0.2) is 30.3 Å². The van der Waals surface area contributed by atoms with E-state index in [1.54, 1.807) is 16.7 Å². The molecule has 0 unspecified atom stereocenters. The maximum absolute atomic E-state index is 12.6. The number of ether oxygens (including phenoxy) is 1. The maximum atomic E-state index is 12.6. The molecule has 1 amide bonds. The summed E-state index contributed by atoms with van der Waals surface area (Å²) in [6.45, 7) is 2.12. The lowest BCUT2D eigenvalue weighted by atomic mass is 9.97. The zero-order valence-corrected chi connectivity index (χ0v) is 17.7. The lowest BCUT2D eigenvalue weighted by molar-refractivity contribution is -0.164. The summed E-state index contributed by atoms with van der Waals surface area (Å²) in [4.78, 5) is 26.6. The molecular formula is C15H14Br3NO3S. The molecule has 124 valence electrons. The Morgan fingerprint density at radius 2 is 2.00 bits per heavy atom. The first-order chi connectivity index (χ1) is 10.7. The minimum absolute atomic E-state index is 0.130. The summed E-state index contributed by atoms with van der Waals surface area (Å²) in [5.41, 5.74) is 0.920. The third-order valence-corrected chi connectivity index (χ3v) is 8.80. The zero-order valence-electron chi connectivity index (χ0n) is 12.2. The highest BCUT2D eigenvalue weighted by Crippen LogP contribution is 2.56. The van der Waals surface area contributed by atoms with Gasteiger partial charge in [0.15, 0.2) is 3.23 Å². The number of carbonyl (C=O) groups excluding carboxylic acids is 2. The molecule has 0 aromatic heterocycles. The fraction of sp³-hybridized carbons (Fsp3) is 0.467. The Hall–Kier alpha value is -0.0500. The Balaban J connectivity index is 1.75. The van der Waals surface area contributed by atoms with Crippen molar-refractivity contribution in [3.8, 4) is 0 Å². The molecule has 1 aromatic carbocycles. The number of fused-ring (bicyclic) bond motifs is 1. The van der Waals surface area contributed by atoms with Gasteiger partial charge in [0.2, 0.25) is 0 Å². The van der Waals surface area contributed by atoms with E-state index in [0.717, 1.165) is 5.56 Å². The van der Waals surface area contributed by atoms with E-state index in [0.29, 0.717) is 5.75 Å². The number of carbonyl (C=O) groups is 2. The number of halogens is 3. The number of amides is 1. The largest absolute Gasteiger partial charge is 0.459 e.